The van der Waals surface area contributed by atoms with Crippen LogP contribution in [0.2, 0.25) is 5.02 Å². The molecule has 0 saturated heterocycles. The molecule has 4 rings (SSSR count). The predicted molar refractivity (Wildman–Crippen MR) is 98.8 cm³/mol. The molecule has 0 bridgehead atoms. The van der Waals surface area contributed by atoms with E-state index < -0.39 is 0 Å². The molecule has 2 heterocycles. The Labute approximate surface area is 155 Å². The first-order valence-electron chi connectivity index (χ1n) is 6.98. The van der Waals surface area contributed by atoms with Gasteiger partial charge in [-0.05, 0) is 30.3 Å². The molecule has 0 amide bonds. The molecule has 0 aliphatic heterocycles. The third-order valence-corrected chi connectivity index (χ3v) is 5.14. The molecule has 2 aromatic heterocycles. The van der Waals surface area contributed by atoms with Crippen molar-refractivity contribution < 1.29 is 4.74 Å². The molecular formula is C16H10BrClN4OS. The van der Waals surface area contributed by atoms with Crippen LogP contribution in [0.3, 0.4) is 0 Å². The van der Waals surface area contributed by atoms with Gasteiger partial charge in [-0.25, -0.2) is 0 Å². The quantitative estimate of drug-likeness (QED) is 0.470. The maximum absolute atomic E-state index is 6.12. The van der Waals surface area contributed by atoms with Gasteiger partial charge in [0, 0.05) is 15.1 Å². The number of halogens is 2. The van der Waals surface area contributed by atoms with Gasteiger partial charge in [-0.3, -0.25) is 0 Å². The zero-order valence-electron chi connectivity index (χ0n) is 12.4. The second-order valence-corrected chi connectivity index (χ2v) is 7.29. The van der Waals surface area contributed by atoms with Crippen LogP contribution in [0, 0.1) is 0 Å². The highest BCUT2D eigenvalue weighted by molar-refractivity contribution is 9.10. The Bertz CT molecular complexity index is 1050. The Hall–Kier alpha value is -1.96. The fraction of sp³-hybridized carbons (Fsp3) is 0.0625. The summed E-state index contributed by atoms with van der Waals surface area (Å²) in [5.74, 6) is 1.27. The van der Waals surface area contributed by atoms with Crippen molar-refractivity contribution in [2.75, 3.05) is 7.11 Å². The fourth-order valence-electron chi connectivity index (χ4n) is 2.38. The number of ether oxygens (including phenoxy) is 1. The topological polar surface area (TPSA) is 52.3 Å². The SMILES string of the molecule is COc1ccc(Cl)cc1-c1nnc2sc(-c3cccc(Br)c3)nn12. The average molecular weight is 422 g/mol. The van der Waals surface area contributed by atoms with E-state index in [0.29, 0.717) is 21.6 Å². The van der Waals surface area contributed by atoms with Gasteiger partial charge in [-0.1, -0.05) is 51.0 Å². The maximum atomic E-state index is 6.12. The van der Waals surface area contributed by atoms with Gasteiger partial charge in [-0.15, -0.1) is 10.2 Å². The summed E-state index contributed by atoms with van der Waals surface area (Å²) >= 11 is 11.1. The molecule has 0 saturated carbocycles. The summed E-state index contributed by atoms with van der Waals surface area (Å²) in [6.07, 6.45) is 0. The van der Waals surface area contributed by atoms with Gasteiger partial charge in [0.2, 0.25) is 4.96 Å². The molecule has 5 nitrogen and oxygen atoms in total. The molecule has 0 unspecified atom stereocenters. The Balaban J connectivity index is 1.88. The monoisotopic (exact) mass is 420 g/mol. The van der Waals surface area contributed by atoms with Crippen molar-refractivity contribution in [2.24, 2.45) is 0 Å². The van der Waals surface area contributed by atoms with Crippen molar-refractivity contribution >= 4 is 43.8 Å². The molecule has 8 heteroatoms. The van der Waals surface area contributed by atoms with E-state index in [0.717, 1.165) is 20.6 Å². The van der Waals surface area contributed by atoms with Crippen molar-refractivity contribution in [3.63, 3.8) is 0 Å². The molecule has 0 aliphatic carbocycles. The van der Waals surface area contributed by atoms with Gasteiger partial charge in [0.05, 0.1) is 12.7 Å². The first kappa shape index (κ1) is 15.6. The van der Waals surface area contributed by atoms with Crippen LogP contribution in [0.15, 0.2) is 46.9 Å². The zero-order valence-corrected chi connectivity index (χ0v) is 15.6. The van der Waals surface area contributed by atoms with Crippen molar-refractivity contribution in [2.45, 2.75) is 0 Å². The van der Waals surface area contributed by atoms with Gasteiger partial charge >= 0.3 is 0 Å². The summed E-state index contributed by atoms with van der Waals surface area (Å²) in [7, 11) is 1.61. The van der Waals surface area contributed by atoms with E-state index in [-0.39, 0.29) is 0 Å². The average Bonchev–Trinajstić information content (AvgIpc) is 3.15. The Morgan fingerprint density at radius 3 is 2.83 bits per heavy atom. The number of fused-ring (bicyclic) bond motifs is 1. The lowest BCUT2D eigenvalue weighted by atomic mass is 10.2. The van der Waals surface area contributed by atoms with E-state index >= 15 is 0 Å². The third kappa shape index (κ3) is 2.68. The molecule has 0 spiro atoms. The normalized spacial score (nSPS) is 11.1. The van der Waals surface area contributed by atoms with E-state index in [4.69, 9.17) is 16.3 Å². The minimum Gasteiger partial charge on any atom is -0.496 e. The Morgan fingerprint density at radius 2 is 2.04 bits per heavy atom. The smallest absolute Gasteiger partial charge is 0.235 e. The second-order valence-electron chi connectivity index (χ2n) is 4.98. The number of benzene rings is 2. The molecule has 2 aromatic carbocycles. The van der Waals surface area contributed by atoms with Crippen molar-refractivity contribution in [1.29, 1.82) is 0 Å². The van der Waals surface area contributed by atoms with Crippen LogP contribution < -0.4 is 4.74 Å². The highest BCUT2D eigenvalue weighted by atomic mass is 79.9. The predicted octanol–water partition coefficient (Wildman–Crippen LogP) is 4.94. The van der Waals surface area contributed by atoms with Gasteiger partial charge in [0.25, 0.3) is 0 Å². The van der Waals surface area contributed by atoms with Crippen molar-refractivity contribution in [3.05, 3.63) is 52.0 Å². The Kier molecular flexibility index (Phi) is 3.99. The second kappa shape index (κ2) is 6.16. The van der Waals surface area contributed by atoms with Crippen LogP contribution in [0.4, 0.5) is 0 Å². The summed E-state index contributed by atoms with van der Waals surface area (Å²) in [5.41, 5.74) is 1.77. The van der Waals surface area contributed by atoms with Gasteiger partial charge in [0.15, 0.2) is 5.82 Å². The van der Waals surface area contributed by atoms with Crippen LogP contribution in [0.25, 0.3) is 26.9 Å². The van der Waals surface area contributed by atoms with E-state index in [9.17, 15) is 0 Å². The lowest BCUT2D eigenvalue weighted by Gasteiger charge is -2.06. The van der Waals surface area contributed by atoms with Crippen molar-refractivity contribution in [3.8, 4) is 27.7 Å². The van der Waals surface area contributed by atoms with Gasteiger partial charge in [-0.2, -0.15) is 9.61 Å². The summed E-state index contributed by atoms with van der Waals surface area (Å²) in [6, 6.07) is 13.4. The highest BCUT2D eigenvalue weighted by Gasteiger charge is 2.18. The van der Waals surface area contributed by atoms with Crippen molar-refractivity contribution in [1.82, 2.24) is 19.8 Å². The molecule has 0 atom stereocenters. The van der Waals surface area contributed by atoms with Crippen LogP contribution in [-0.2, 0) is 0 Å². The van der Waals surface area contributed by atoms with Crippen LogP contribution in [0.5, 0.6) is 5.75 Å². The molecular weight excluding hydrogens is 412 g/mol. The van der Waals surface area contributed by atoms with Gasteiger partial charge < -0.3 is 4.74 Å². The number of rotatable bonds is 3. The van der Waals surface area contributed by atoms with Crippen LogP contribution in [-0.4, -0.2) is 26.9 Å². The van der Waals surface area contributed by atoms with Crippen LogP contribution >= 0.6 is 38.9 Å². The molecule has 0 radical (unpaired) electrons. The van der Waals surface area contributed by atoms with E-state index in [1.165, 1.54) is 11.3 Å². The lowest BCUT2D eigenvalue weighted by molar-refractivity contribution is 0.416. The van der Waals surface area contributed by atoms with E-state index in [1.54, 1.807) is 29.8 Å². The third-order valence-electron chi connectivity index (χ3n) is 3.46. The number of hydrogen-bond donors (Lipinski definition) is 0. The zero-order chi connectivity index (χ0) is 16.7. The number of hydrogen-bond acceptors (Lipinski definition) is 5. The van der Waals surface area contributed by atoms with E-state index in [1.807, 2.05) is 24.3 Å². The molecule has 0 aliphatic rings. The largest absolute Gasteiger partial charge is 0.496 e. The maximum Gasteiger partial charge on any atom is 0.235 e. The number of aromatic nitrogens is 4. The molecule has 24 heavy (non-hydrogen) atoms. The molecule has 4 aromatic rings. The molecule has 0 N–H and O–H groups in total. The molecule has 0 fully saturated rings. The minimum atomic E-state index is 0.599. The lowest BCUT2D eigenvalue weighted by Crippen LogP contribution is -1.94. The fourth-order valence-corrected chi connectivity index (χ4v) is 3.78. The number of nitrogens with zero attached hydrogens (tertiary/aromatic N) is 4. The standard InChI is InChI=1S/C16H10BrClN4OS/c1-23-13-6-5-11(18)8-12(13)14-19-20-16-22(14)21-15(24-16)9-3-2-4-10(17)7-9/h2-8H,1H3. The van der Waals surface area contributed by atoms with E-state index in [2.05, 4.69) is 31.2 Å². The molecule has 120 valence electrons. The first-order valence-corrected chi connectivity index (χ1v) is 8.96. The summed E-state index contributed by atoms with van der Waals surface area (Å²) in [6.45, 7) is 0. The highest BCUT2D eigenvalue weighted by Crippen LogP contribution is 2.34. The minimum absolute atomic E-state index is 0.599. The summed E-state index contributed by atoms with van der Waals surface area (Å²) < 4.78 is 8.13. The van der Waals surface area contributed by atoms with Gasteiger partial charge in [0.1, 0.15) is 10.8 Å². The summed E-state index contributed by atoms with van der Waals surface area (Å²) in [4.78, 5) is 0.710. The number of methoxy groups -OCH3 is 1. The van der Waals surface area contributed by atoms with Crippen LogP contribution in [0.1, 0.15) is 0 Å². The Morgan fingerprint density at radius 1 is 1.17 bits per heavy atom. The summed E-state index contributed by atoms with van der Waals surface area (Å²) in [5, 5.41) is 14.6. The first-order chi connectivity index (χ1) is 11.7.